The first-order chi connectivity index (χ1) is 9.36. The molecule has 0 aliphatic rings. The van der Waals surface area contributed by atoms with Crippen LogP contribution in [0.15, 0.2) is 42.5 Å². The third-order valence-corrected chi connectivity index (χ3v) is 2.69. The third-order valence-electron chi connectivity index (χ3n) is 2.69. The van der Waals surface area contributed by atoms with Crippen molar-refractivity contribution < 1.29 is 22.0 Å². The van der Waals surface area contributed by atoms with Crippen LogP contribution in [0, 0.1) is 11.6 Å². The summed E-state index contributed by atoms with van der Waals surface area (Å²) in [5, 5.41) is 2.67. The quantitative estimate of drug-likeness (QED) is 0.814. The third kappa shape index (κ3) is 3.46. The molecule has 20 heavy (non-hydrogen) atoms. The second-order valence-corrected chi connectivity index (χ2v) is 4.17. The summed E-state index contributed by atoms with van der Waals surface area (Å²) in [4.78, 5) is 0. The molecule has 0 bridgehead atoms. The Bertz CT molecular complexity index is 607. The second kappa shape index (κ2) is 5.48. The molecule has 0 heterocycles. The maximum Gasteiger partial charge on any atom is 0.416 e. The van der Waals surface area contributed by atoms with Gasteiger partial charge >= 0.3 is 6.18 Å². The number of rotatable bonds is 3. The van der Waals surface area contributed by atoms with Gasteiger partial charge in [-0.1, -0.05) is 12.1 Å². The molecule has 106 valence electrons. The van der Waals surface area contributed by atoms with Crippen molar-refractivity contribution in [2.75, 3.05) is 5.32 Å². The second-order valence-electron chi connectivity index (χ2n) is 4.17. The number of halogens is 5. The average Bonchev–Trinajstić information content (AvgIpc) is 2.37. The van der Waals surface area contributed by atoms with Gasteiger partial charge in [-0.3, -0.25) is 0 Å². The van der Waals surface area contributed by atoms with Crippen LogP contribution in [-0.2, 0) is 12.7 Å². The Balaban J connectivity index is 2.11. The van der Waals surface area contributed by atoms with E-state index < -0.39 is 23.4 Å². The number of benzene rings is 2. The molecular weight excluding hydrogens is 277 g/mol. The summed E-state index contributed by atoms with van der Waals surface area (Å²) in [6.45, 7) is -0.0343. The van der Waals surface area contributed by atoms with E-state index >= 15 is 0 Å². The van der Waals surface area contributed by atoms with Gasteiger partial charge in [0, 0.05) is 23.9 Å². The minimum atomic E-state index is -4.43. The smallest absolute Gasteiger partial charge is 0.381 e. The lowest BCUT2D eigenvalue weighted by Crippen LogP contribution is -2.07. The number of anilines is 1. The molecule has 0 aliphatic heterocycles. The van der Waals surface area contributed by atoms with Crippen LogP contribution >= 0.6 is 0 Å². The SMILES string of the molecule is Fc1ccc(CNc2cccc(C(F)(F)F)c2)c(F)c1. The van der Waals surface area contributed by atoms with Gasteiger partial charge in [0.25, 0.3) is 0 Å². The standard InChI is InChI=1S/C14H10F5N/c15-11-5-4-9(13(16)7-11)8-20-12-3-1-2-10(6-12)14(17,18)19/h1-7,20H,8H2. The van der Waals surface area contributed by atoms with Gasteiger partial charge < -0.3 is 5.32 Å². The van der Waals surface area contributed by atoms with E-state index in [4.69, 9.17) is 0 Å². The predicted octanol–water partition coefficient (Wildman–Crippen LogP) is 4.60. The molecule has 6 heteroatoms. The van der Waals surface area contributed by atoms with E-state index in [-0.39, 0.29) is 17.8 Å². The fraction of sp³-hybridized carbons (Fsp3) is 0.143. The van der Waals surface area contributed by atoms with Crippen molar-refractivity contribution in [1.29, 1.82) is 0 Å². The molecule has 0 radical (unpaired) electrons. The molecule has 0 fully saturated rings. The monoisotopic (exact) mass is 287 g/mol. The first kappa shape index (κ1) is 14.3. The van der Waals surface area contributed by atoms with Crippen molar-refractivity contribution in [3.8, 4) is 0 Å². The minimum Gasteiger partial charge on any atom is -0.381 e. The van der Waals surface area contributed by atoms with E-state index in [0.29, 0.717) is 0 Å². The molecular formula is C14H10F5N. The van der Waals surface area contributed by atoms with Crippen molar-refractivity contribution in [3.63, 3.8) is 0 Å². The summed E-state index contributed by atoms with van der Waals surface area (Å²) in [5.74, 6) is -1.45. The molecule has 0 amide bonds. The first-order valence-corrected chi connectivity index (χ1v) is 5.71. The van der Waals surface area contributed by atoms with Crippen LogP contribution in [0.5, 0.6) is 0 Å². The van der Waals surface area contributed by atoms with Gasteiger partial charge in [0.15, 0.2) is 0 Å². The zero-order chi connectivity index (χ0) is 14.8. The molecule has 0 aromatic heterocycles. The zero-order valence-electron chi connectivity index (χ0n) is 10.1. The molecule has 0 unspecified atom stereocenters. The molecule has 1 nitrogen and oxygen atoms in total. The predicted molar refractivity (Wildman–Crippen MR) is 65.1 cm³/mol. The number of hydrogen-bond acceptors (Lipinski definition) is 1. The largest absolute Gasteiger partial charge is 0.416 e. The minimum absolute atomic E-state index is 0.0343. The highest BCUT2D eigenvalue weighted by atomic mass is 19.4. The number of alkyl halides is 3. The summed E-state index contributed by atoms with van der Waals surface area (Å²) in [5.41, 5.74) is -0.408. The summed E-state index contributed by atoms with van der Waals surface area (Å²) in [6.07, 6.45) is -4.43. The number of hydrogen-bond donors (Lipinski definition) is 1. The fourth-order valence-electron chi connectivity index (χ4n) is 1.67. The summed E-state index contributed by atoms with van der Waals surface area (Å²) in [7, 11) is 0. The topological polar surface area (TPSA) is 12.0 Å². The Morgan fingerprint density at radius 3 is 2.35 bits per heavy atom. The summed E-state index contributed by atoms with van der Waals surface area (Å²) >= 11 is 0. The van der Waals surface area contributed by atoms with Crippen LogP contribution in [0.25, 0.3) is 0 Å². The van der Waals surface area contributed by atoms with E-state index in [1.165, 1.54) is 18.2 Å². The molecule has 2 rings (SSSR count). The van der Waals surface area contributed by atoms with Gasteiger partial charge in [-0.15, -0.1) is 0 Å². The van der Waals surface area contributed by atoms with Crippen molar-refractivity contribution in [3.05, 3.63) is 65.2 Å². The highest BCUT2D eigenvalue weighted by Crippen LogP contribution is 2.30. The van der Waals surface area contributed by atoms with Gasteiger partial charge in [0.1, 0.15) is 11.6 Å². The van der Waals surface area contributed by atoms with Gasteiger partial charge in [0.05, 0.1) is 5.56 Å². The van der Waals surface area contributed by atoms with Gasteiger partial charge in [-0.2, -0.15) is 13.2 Å². The van der Waals surface area contributed by atoms with E-state index in [0.717, 1.165) is 24.3 Å². The maximum atomic E-state index is 13.4. The highest BCUT2D eigenvalue weighted by Gasteiger charge is 2.30. The summed E-state index contributed by atoms with van der Waals surface area (Å²) < 4.78 is 63.6. The fourth-order valence-corrected chi connectivity index (χ4v) is 1.67. The molecule has 0 saturated heterocycles. The zero-order valence-corrected chi connectivity index (χ0v) is 10.1. The van der Waals surface area contributed by atoms with Crippen molar-refractivity contribution in [1.82, 2.24) is 0 Å². The van der Waals surface area contributed by atoms with Crippen LogP contribution in [0.4, 0.5) is 27.6 Å². The lowest BCUT2D eigenvalue weighted by molar-refractivity contribution is -0.137. The Morgan fingerprint density at radius 1 is 0.950 bits per heavy atom. The normalized spacial score (nSPS) is 11.4. The van der Waals surface area contributed by atoms with Crippen LogP contribution in [0.3, 0.4) is 0 Å². The molecule has 1 N–H and O–H groups in total. The van der Waals surface area contributed by atoms with Gasteiger partial charge in [-0.05, 0) is 24.3 Å². The van der Waals surface area contributed by atoms with Crippen molar-refractivity contribution in [2.45, 2.75) is 12.7 Å². The molecule has 0 atom stereocenters. The lowest BCUT2D eigenvalue weighted by Gasteiger charge is -2.11. The Kier molecular flexibility index (Phi) is 3.92. The highest BCUT2D eigenvalue weighted by molar-refractivity contribution is 5.47. The van der Waals surface area contributed by atoms with Gasteiger partial charge in [-0.25, -0.2) is 8.78 Å². The Morgan fingerprint density at radius 2 is 1.70 bits per heavy atom. The maximum absolute atomic E-state index is 13.4. The van der Waals surface area contributed by atoms with Crippen molar-refractivity contribution in [2.24, 2.45) is 0 Å². The van der Waals surface area contributed by atoms with Crippen LogP contribution in [-0.4, -0.2) is 0 Å². The molecule has 0 spiro atoms. The van der Waals surface area contributed by atoms with Crippen LogP contribution in [0.1, 0.15) is 11.1 Å². The van der Waals surface area contributed by atoms with E-state index in [9.17, 15) is 22.0 Å². The van der Waals surface area contributed by atoms with Gasteiger partial charge in [0.2, 0.25) is 0 Å². The first-order valence-electron chi connectivity index (χ1n) is 5.71. The van der Waals surface area contributed by atoms with Crippen LogP contribution < -0.4 is 5.32 Å². The molecule has 0 aliphatic carbocycles. The van der Waals surface area contributed by atoms with E-state index in [1.807, 2.05) is 0 Å². The van der Waals surface area contributed by atoms with E-state index in [1.54, 1.807) is 0 Å². The molecule has 0 saturated carbocycles. The molecule has 2 aromatic rings. The van der Waals surface area contributed by atoms with Crippen molar-refractivity contribution >= 4 is 5.69 Å². The number of nitrogens with one attached hydrogen (secondary N) is 1. The van der Waals surface area contributed by atoms with E-state index in [2.05, 4.69) is 5.32 Å². The Labute approximate surface area is 112 Å². The Hall–Kier alpha value is -2.11. The lowest BCUT2D eigenvalue weighted by atomic mass is 10.1. The molecule has 2 aromatic carbocycles. The average molecular weight is 287 g/mol. The summed E-state index contributed by atoms with van der Waals surface area (Å²) in [6, 6.07) is 7.63. The van der Waals surface area contributed by atoms with Crippen LogP contribution in [0.2, 0.25) is 0 Å².